The van der Waals surface area contributed by atoms with E-state index in [2.05, 4.69) is 9.17 Å². The fourth-order valence-electron chi connectivity index (χ4n) is 0.586. The van der Waals surface area contributed by atoms with E-state index in [0.29, 0.717) is 0 Å². The Hall–Kier alpha value is -0.370. The minimum atomic E-state index is -3.43. The summed E-state index contributed by atoms with van der Waals surface area (Å²) in [5, 5.41) is 0. The standard InChI is InChI=1S/C6H6INO3S/c1-12(9,10)11-5-2-3-6(7)8-4-5/h2-4H,1H3. The van der Waals surface area contributed by atoms with E-state index >= 15 is 0 Å². The van der Waals surface area contributed by atoms with Crippen LogP contribution < -0.4 is 4.18 Å². The smallest absolute Gasteiger partial charge is 0.306 e. The van der Waals surface area contributed by atoms with Gasteiger partial charge in [0.05, 0.1) is 12.5 Å². The summed E-state index contributed by atoms with van der Waals surface area (Å²) in [4.78, 5) is 3.86. The molecule has 0 saturated carbocycles. The van der Waals surface area contributed by atoms with Crippen LogP contribution in [0.5, 0.6) is 5.75 Å². The molecule has 0 aliphatic heterocycles. The van der Waals surface area contributed by atoms with Crippen molar-refractivity contribution in [2.75, 3.05) is 6.26 Å². The van der Waals surface area contributed by atoms with Gasteiger partial charge in [-0.1, -0.05) is 0 Å². The monoisotopic (exact) mass is 299 g/mol. The second-order valence-electron chi connectivity index (χ2n) is 2.10. The zero-order valence-electron chi connectivity index (χ0n) is 6.19. The number of aromatic nitrogens is 1. The molecular weight excluding hydrogens is 293 g/mol. The Kier molecular flexibility index (Phi) is 2.89. The first-order chi connectivity index (χ1) is 5.47. The van der Waals surface area contributed by atoms with Crippen molar-refractivity contribution in [2.45, 2.75) is 0 Å². The van der Waals surface area contributed by atoms with Gasteiger partial charge in [-0.25, -0.2) is 4.98 Å². The van der Waals surface area contributed by atoms with E-state index in [9.17, 15) is 8.42 Å². The highest BCUT2D eigenvalue weighted by Crippen LogP contribution is 2.11. The summed E-state index contributed by atoms with van der Waals surface area (Å²) in [5.74, 6) is 0.234. The lowest BCUT2D eigenvalue weighted by atomic mass is 10.5. The molecule has 0 atom stereocenters. The Bertz CT molecular complexity index is 359. The van der Waals surface area contributed by atoms with Crippen LogP contribution in [0.2, 0.25) is 0 Å². The highest BCUT2D eigenvalue weighted by molar-refractivity contribution is 14.1. The molecule has 1 heterocycles. The first kappa shape index (κ1) is 9.72. The van der Waals surface area contributed by atoms with E-state index in [1.165, 1.54) is 6.20 Å². The van der Waals surface area contributed by atoms with Crippen LogP contribution in [0.3, 0.4) is 0 Å². The first-order valence-electron chi connectivity index (χ1n) is 2.98. The molecule has 0 aliphatic carbocycles. The van der Waals surface area contributed by atoms with Crippen molar-refractivity contribution >= 4 is 32.7 Å². The molecule has 0 N–H and O–H groups in total. The molecule has 0 saturated heterocycles. The summed E-state index contributed by atoms with van der Waals surface area (Å²) >= 11 is 2.02. The number of nitrogens with zero attached hydrogens (tertiary/aromatic N) is 1. The average Bonchev–Trinajstić information content (AvgIpc) is 1.91. The molecule has 12 heavy (non-hydrogen) atoms. The number of rotatable bonds is 2. The molecule has 0 unspecified atom stereocenters. The largest absolute Gasteiger partial charge is 0.381 e. The summed E-state index contributed by atoms with van der Waals surface area (Å²) < 4.78 is 26.6. The molecule has 0 aromatic carbocycles. The molecule has 1 aromatic rings. The molecule has 0 aliphatic rings. The molecule has 0 spiro atoms. The second kappa shape index (κ2) is 3.56. The lowest BCUT2D eigenvalue weighted by Crippen LogP contribution is -2.05. The van der Waals surface area contributed by atoms with Crippen molar-refractivity contribution < 1.29 is 12.6 Å². The molecule has 1 aromatic heterocycles. The average molecular weight is 299 g/mol. The van der Waals surface area contributed by atoms with Gasteiger partial charge in [-0.05, 0) is 34.7 Å². The third-order valence-corrected chi connectivity index (χ3v) is 2.08. The van der Waals surface area contributed by atoms with Gasteiger partial charge in [0.15, 0.2) is 5.75 Å². The Morgan fingerprint density at radius 3 is 2.58 bits per heavy atom. The summed E-state index contributed by atoms with van der Waals surface area (Å²) in [5.41, 5.74) is 0. The predicted octanol–water partition coefficient (Wildman–Crippen LogP) is 1.02. The van der Waals surface area contributed by atoms with Crippen molar-refractivity contribution in [3.63, 3.8) is 0 Å². The van der Waals surface area contributed by atoms with Gasteiger partial charge < -0.3 is 4.18 Å². The molecular formula is C6H6INO3S. The van der Waals surface area contributed by atoms with Gasteiger partial charge in [0.1, 0.15) is 3.70 Å². The summed E-state index contributed by atoms with van der Waals surface area (Å²) in [6.07, 6.45) is 2.35. The first-order valence-corrected chi connectivity index (χ1v) is 5.88. The number of hydrogen-bond acceptors (Lipinski definition) is 4. The third kappa shape index (κ3) is 3.35. The molecule has 0 radical (unpaired) electrons. The molecule has 0 amide bonds. The van der Waals surface area contributed by atoms with E-state index in [-0.39, 0.29) is 5.75 Å². The summed E-state index contributed by atoms with van der Waals surface area (Å²) in [7, 11) is -3.43. The van der Waals surface area contributed by atoms with Gasteiger partial charge in [0.25, 0.3) is 0 Å². The zero-order valence-corrected chi connectivity index (χ0v) is 9.16. The van der Waals surface area contributed by atoms with Crippen molar-refractivity contribution in [1.29, 1.82) is 0 Å². The van der Waals surface area contributed by atoms with Crippen molar-refractivity contribution in [1.82, 2.24) is 4.98 Å². The van der Waals surface area contributed by atoms with Crippen LogP contribution in [-0.4, -0.2) is 19.7 Å². The van der Waals surface area contributed by atoms with E-state index in [1.807, 2.05) is 22.6 Å². The summed E-state index contributed by atoms with van der Waals surface area (Å²) in [6, 6.07) is 3.22. The number of hydrogen-bond donors (Lipinski definition) is 0. The Morgan fingerprint density at radius 1 is 1.50 bits per heavy atom. The minimum Gasteiger partial charge on any atom is -0.381 e. The maximum absolute atomic E-state index is 10.6. The fourth-order valence-corrected chi connectivity index (χ4v) is 1.35. The Labute approximate surface area is 84.2 Å². The van der Waals surface area contributed by atoms with Crippen LogP contribution in [-0.2, 0) is 10.1 Å². The maximum atomic E-state index is 10.6. The highest BCUT2D eigenvalue weighted by Gasteiger charge is 2.03. The molecule has 0 bridgehead atoms. The minimum absolute atomic E-state index is 0.234. The zero-order chi connectivity index (χ0) is 9.19. The van der Waals surface area contributed by atoms with Crippen molar-refractivity contribution in [2.24, 2.45) is 0 Å². The Morgan fingerprint density at radius 2 is 2.17 bits per heavy atom. The topological polar surface area (TPSA) is 56.3 Å². The van der Waals surface area contributed by atoms with Crippen LogP contribution in [0, 0.1) is 3.70 Å². The van der Waals surface area contributed by atoms with E-state index in [4.69, 9.17) is 0 Å². The SMILES string of the molecule is CS(=O)(=O)Oc1ccc(I)nc1. The highest BCUT2D eigenvalue weighted by atomic mass is 127. The van der Waals surface area contributed by atoms with Crippen LogP contribution >= 0.6 is 22.6 Å². The quantitative estimate of drug-likeness (QED) is 0.465. The van der Waals surface area contributed by atoms with E-state index < -0.39 is 10.1 Å². The van der Waals surface area contributed by atoms with E-state index in [1.54, 1.807) is 12.1 Å². The van der Waals surface area contributed by atoms with Crippen molar-refractivity contribution in [3.8, 4) is 5.75 Å². The molecule has 4 nitrogen and oxygen atoms in total. The summed E-state index contributed by atoms with van der Waals surface area (Å²) in [6.45, 7) is 0. The van der Waals surface area contributed by atoms with Gasteiger partial charge in [-0.3, -0.25) is 0 Å². The van der Waals surface area contributed by atoms with Crippen molar-refractivity contribution in [3.05, 3.63) is 22.0 Å². The van der Waals surface area contributed by atoms with Crippen LogP contribution in [0.15, 0.2) is 18.3 Å². The van der Waals surface area contributed by atoms with Gasteiger partial charge in [0, 0.05) is 0 Å². The third-order valence-electron chi connectivity index (χ3n) is 0.948. The van der Waals surface area contributed by atoms with E-state index in [0.717, 1.165) is 9.96 Å². The fraction of sp³-hybridized carbons (Fsp3) is 0.167. The van der Waals surface area contributed by atoms with Gasteiger partial charge in [-0.15, -0.1) is 0 Å². The van der Waals surface area contributed by atoms with Gasteiger partial charge >= 0.3 is 10.1 Å². The predicted molar refractivity (Wildman–Crippen MR) is 52.4 cm³/mol. The molecule has 66 valence electrons. The molecule has 1 rings (SSSR count). The van der Waals surface area contributed by atoms with Crippen LogP contribution in [0.25, 0.3) is 0 Å². The Balaban J connectivity index is 2.85. The molecule has 0 fully saturated rings. The van der Waals surface area contributed by atoms with Crippen LogP contribution in [0.1, 0.15) is 0 Å². The molecule has 6 heteroatoms. The number of halogens is 1. The normalized spacial score (nSPS) is 11.2. The van der Waals surface area contributed by atoms with Gasteiger partial charge in [-0.2, -0.15) is 8.42 Å². The maximum Gasteiger partial charge on any atom is 0.306 e. The van der Waals surface area contributed by atoms with Gasteiger partial charge in [0.2, 0.25) is 0 Å². The number of pyridine rings is 1. The van der Waals surface area contributed by atoms with Crippen LogP contribution in [0.4, 0.5) is 0 Å². The second-order valence-corrected chi connectivity index (χ2v) is 4.78. The lowest BCUT2D eigenvalue weighted by Gasteiger charge is -2.00. The lowest BCUT2D eigenvalue weighted by molar-refractivity contribution is 0.491.